The van der Waals surface area contributed by atoms with Gasteiger partial charge in [-0.2, -0.15) is 0 Å². The van der Waals surface area contributed by atoms with E-state index in [2.05, 4.69) is 15.6 Å². The second-order valence-electron chi connectivity index (χ2n) is 4.68. The molecule has 2 amide bonds. The lowest BCUT2D eigenvalue weighted by Crippen LogP contribution is -2.19. The molecule has 1 aromatic carbocycles. The number of hydrogen-bond acceptors (Lipinski definition) is 5. The van der Waals surface area contributed by atoms with Crippen LogP contribution >= 0.6 is 0 Å². The van der Waals surface area contributed by atoms with Gasteiger partial charge in [0.15, 0.2) is 11.5 Å². The Bertz CT molecular complexity index is 661. The quantitative estimate of drug-likeness (QED) is 0.885. The summed E-state index contributed by atoms with van der Waals surface area (Å²) < 4.78 is 15.7. The summed E-state index contributed by atoms with van der Waals surface area (Å²) in [6, 6.07) is 6.49. The van der Waals surface area contributed by atoms with Gasteiger partial charge in [-0.3, -0.25) is 4.98 Å². The van der Waals surface area contributed by atoms with Gasteiger partial charge >= 0.3 is 6.03 Å². The topological polar surface area (TPSA) is 81.7 Å². The van der Waals surface area contributed by atoms with E-state index < -0.39 is 6.03 Å². The van der Waals surface area contributed by atoms with E-state index in [4.69, 9.17) is 14.2 Å². The molecule has 7 heteroatoms. The second-order valence-corrected chi connectivity index (χ2v) is 4.68. The van der Waals surface area contributed by atoms with Crippen molar-refractivity contribution in [3.63, 3.8) is 0 Å². The Balaban J connectivity index is 2.15. The van der Waals surface area contributed by atoms with Crippen LogP contribution in [0, 0.1) is 6.92 Å². The van der Waals surface area contributed by atoms with Gasteiger partial charge in [-0.25, -0.2) is 4.79 Å². The lowest BCUT2D eigenvalue weighted by molar-refractivity contribution is 0.262. The predicted molar refractivity (Wildman–Crippen MR) is 87.7 cm³/mol. The molecule has 0 unspecified atom stereocenters. The van der Waals surface area contributed by atoms with Gasteiger partial charge in [0, 0.05) is 17.8 Å². The Morgan fingerprint density at radius 2 is 1.57 bits per heavy atom. The first kappa shape index (κ1) is 16.4. The molecule has 1 heterocycles. The van der Waals surface area contributed by atoms with Gasteiger partial charge in [0.25, 0.3) is 0 Å². The van der Waals surface area contributed by atoms with Crippen LogP contribution in [0.1, 0.15) is 5.69 Å². The number of urea groups is 1. The monoisotopic (exact) mass is 317 g/mol. The molecule has 0 spiro atoms. The molecule has 122 valence electrons. The molecule has 0 bridgehead atoms. The SMILES string of the molecule is COc1cc(NC(=O)Nc2ccc(C)nc2)cc(OC)c1OC. The minimum Gasteiger partial charge on any atom is -0.493 e. The maximum Gasteiger partial charge on any atom is 0.323 e. The number of carbonyl (C=O) groups excluding carboxylic acids is 1. The predicted octanol–water partition coefficient (Wildman–Crippen LogP) is 3.06. The smallest absolute Gasteiger partial charge is 0.323 e. The number of methoxy groups -OCH3 is 3. The number of aromatic nitrogens is 1. The Kier molecular flexibility index (Phi) is 5.24. The fourth-order valence-electron chi connectivity index (χ4n) is 1.99. The summed E-state index contributed by atoms with van der Waals surface area (Å²) in [5.74, 6) is 1.38. The van der Waals surface area contributed by atoms with Crippen LogP contribution in [-0.2, 0) is 0 Å². The molecule has 0 aliphatic carbocycles. The average Bonchev–Trinajstić information content (AvgIpc) is 2.55. The number of ether oxygens (including phenoxy) is 3. The molecule has 0 radical (unpaired) electrons. The summed E-state index contributed by atoms with van der Waals surface area (Å²) >= 11 is 0. The van der Waals surface area contributed by atoms with Crippen molar-refractivity contribution in [2.45, 2.75) is 6.92 Å². The van der Waals surface area contributed by atoms with E-state index in [1.165, 1.54) is 21.3 Å². The molecule has 0 saturated carbocycles. The van der Waals surface area contributed by atoms with Crippen LogP contribution < -0.4 is 24.8 Å². The van der Waals surface area contributed by atoms with E-state index in [1.807, 2.05) is 13.0 Å². The van der Waals surface area contributed by atoms with Gasteiger partial charge in [0.2, 0.25) is 5.75 Å². The zero-order valence-electron chi connectivity index (χ0n) is 13.5. The third-order valence-corrected chi connectivity index (χ3v) is 3.09. The van der Waals surface area contributed by atoms with Crippen LogP contribution in [-0.4, -0.2) is 32.3 Å². The molecule has 1 aromatic heterocycles. The molecule has 0 saturated heterocycles. The van der Waals surface area contributed by atoms with E-state index in [9.17, 15) is 4.79 Å². The maximum atomic E-state index is 12.1. The summed E-state index contributed by atoms with van der Waals surface area (Å²) in [7, 11) is 4.54. The minimum atomic E-state index is -0.398. The summed E-state index contributed by atoms with van der Waals surface area (Å²) in [5, 5.41) is 5.41. The van der Waals surface area contributed by atoms with Gasteiger partial charge in [-0.15, -0.1) is 0 Å². The molecule has 7 nitrogen and oxygen atoms in total. The highest BCUT2D eigenvalue weighted by molar-refractivity contribution is 6.00. The number of nitrogens with zero attached hydrogens (tertiary/aromatic N) is 1. The van der Waals surface area contributed by atoms with E-state index in [-0.39, 0.29) is 0 Å². The number of nitrogens with one attached hydrogen (secondary N) is 2. The molecule has 2 N–H and O–H groups in total. The molecular formula is C16H19N3O4. The van der Waals surface area contributed by atoms with Crippen molar-refractivity contribution in [1.82, 2.24) is 4.98 Å². The van der Waals surface area contributed by atoms with Crippen molar-refractivity contribution < 1.29 is 19.0 Å². The standard InChI is InChI=1S/C16H19N3O4/c1-10-5-6-11(9-17-10)18-16(20)19-12-7-13(21-2)15(23-4)14(8-12)22-3/h5-9H,1-4H3,(H2,18,19,20). The highest BCUT2D eigenvalue weighted by atomic mass is 16.5. The fourth-order valence-corrected chi connectivity index (χ4v) is 1.99. The second kappa shape index (κ2) is 7.35. The van der Waals surface area contributed by atoms with E-state index in [0.29, 0.717) is 28.6 Å². The Morgan fingerprint density at radius 1 is 0.957 bits per heavy atom. The highest BCUT2D eigenvalue weighted by Gasteiger charge is 2.14. The minimum absolute atomic E-state index is 0.398. The number of carbonyl (C=O) groups is 1. The lowest BCUT2D eigenvalue weighted by atomic mass is 10.2. The maximum absolute atomic E-state index is 12.1. The zero-order valence-corrected chi connectivity index (χ0v) is 13.5. The van der Waals surface area contributed by atoms with E-state index in [0.717, 1.165) is 5.69 Å². The molecular weight excluding hydrogens is 298 g/mol. The molecule has 0 aliphatic rings. The van der Waals surface area contributed by atoms with Crippen LogP contribution in [0.4, 0.5) is 16.2 Å². The number of anilines is 2. The normalized spacial score (nSPS) is 9.91. The first-order valence-corrected chi connectivity index (χ1v) is 6.88. The highest BCUT2D eigenvalue weighted by Crippen LogP contribution is 2.39. The third kappa shape index (κ3) is 4.03. The van der Waals surface area contributed by atoms with Gasteiger partial charge < -0.3 is 24.8 Å². The van der Waals surface area contributed by atoms with E-state index >= 15 is 0 Å². The molecule has 23 heavy (non-hydrogen) atoms. The summed E-state index contributed by atoms with van der Waals surface area (Å²) in [5.41, 5.74) is 1.98. The summed E-state index contributed by atoms with van der Waals surface area (Å²) in [6.07, 6.45) is 1.59. The number of amides is 2. The average molecular weight is 317 g/mol. The van der Waals surface area contributed by atoms with E-state index in [1.54, 1.807) is 24.4 Å². The van der Waals surface area contributed by atoms with Crippen molar-refractivity contribution in [2.24, 2.45) is 0 Å². The number of aryl methyl sites for hydroxylation is 1. The third-order valence-electron chi connectivity index (χ3n) is 3.09. The van der Waals surface area contributed by atoms with Crippen molar-refractivity contribution in [3.8, 4) is 17.2 Å². The molecule has 2 aromatic rings. The van der Waals surface area contributed by atoms with Gasteiger partial charge in [-0.05, 0) is 19.1 Å². The van der Waals surface area contributed by atoms with Crippen LogP contribution in [0.25, 0.3) is 0 Å². The number of pyridine rings is 1. The van der Waals surface area contributed by atoms with Crippen molar-refractivity contribution >= 4 is 17.4 Å². The Hall–Kier alpha value is -2.96. The Labute approximate surface area is 134 Å². The zero-order chi connectivity index (χ0) is 16.8. The number of rotatable bonds is 5. The Morgan fingerprint density at radius 3 is 2.04 bits per heavy atom. The molecule has 2 rings (SSSR count). The van der Waals surface area contributed by atoms with Crippen molar-refractivity contribution in [2.75, 3.05) is 32.0 Å². The van der Waals surface area contributed by atoms with Gasteiger partial charge in [0.05, 0.1) is 38.9 Å². The lowest BCUT2D eigenvalue weighted by Gasteiger charge is -2.15. The first-order valence-electron chi connectivity index (χ1n) is 6.88. The van der Waals surface area contributed by atoms with Crippen LogP contribution in [0.15, 0.2) is 30.5 Å². The summed E-state index contributed by atoms with van der Waals surface area (Å²) in [4.78, 5) is 16.2. The van der Waals surface area contributed by atoms with Crippen molar-refractivity contribution in [3.05, 3.63) is 36.2 Å². The van der Waals surface area contributed by atoms with Crippen LogP contribution in [0.3, 0.4) is 0 Å². The first-order chi connectivity index (χ1) is 11.1. The number of hydrogen-bond donors (Lipinski definition) is 2. The van der Waals surface area contributed by atoms with Crippen LogP contribution in [0.2, 0.25) is 0 Å². The molecule has 0 fully saturated rings. The number of benzene rings is 1. The fraction of sp³-hybridized carbons (Fsp3) is 0.250. The largest absolute Gasteiger partial charge is 0.493 e. The van der Waals surface area contributed by atoms with Crippen LogP contribution in [0.5, 0.6) is 17.2 Å². The summed E-state index contributed by atoms with van der Waals surface area (Å²) in [6.45, 7) is 1.87. The van der Waals surface area contributed by atoms with Crippen molar-refractivity contribution in [1.29, 1.82) is 0 Å². The molecule has 0 atom stereocenters. The van der Waals surface area contributed by atoms with Gasteiger partial charge in [0.1, 0.15) is 0 Å². The van der Waals surface area contributed by atoms with Gasteiger partial charge in [-0.1, -0.05) is 0 Å². The molecule has 0 aliphatic heterocycles.